The molecular weight excluding hydrogens is 490 g/mol. The molecule has 0 unspecified atom stereocenters. The SMILES string of the molecule is CCCCCCCCCCOc1ccc(-c2ccccc2-c2ccc(O[C@H](C)CCCCCC)c(C#N)c2)cc1. The minimum atomic E-state index is 0.0957. The van der Waals surface area contributed by atoms with Crippen molar-refractivity contribution < 1.29 is 9.47 Å². The summed E-state index contributed by atoms with van der Waals surface area (Å²) in [4.78, 5) is 0. The molecule has 0 saturated heterocycles. The third-order valence-corrected chi connectivity index (χ3v) is 7.56. The van der Waals surface area contributed by atoms with E-state index in [9.17, 15) is 5.26 Å². The van der Waals surface area contributed by atoms with Crippen LogP contribution in [0.2, 0.25) is 0 Å². The molecule has 0 amide bonds. The smallest absolute Gasteiger partial charge is 0.137 e. The van der Waals surface area contributed by atoms with Gasteiger partial charge in [-0.25, -0.2) is 0 Å². The largest absolute Gasteiger partial charge is 0.494 e. The first-order valence-corrected chi connectivity index (χ1v) is 15.7. The van der Waals surface area contributed by atoms with Crippen molar-refractivity contribution in [1.29, 1.82) is 5.26 Å². The van der Waals surface area contributed by atoms with Crippen LogP contribution in [0.4, 0.5) is 0 Å². The summed E-state index contributed by atoms with van der Waals surface area (Å²) in [6.07, 6.45) is 16.4. The summed E-state index contributed by atoms with van der Waals surface area (Å²) in [5.41, 5.74) is 4.97. The van der Waals surface area contributed by atoms with E-state index in [0.29, 0.717) is 11.3 Å². The van der Waals surface area contributed by atoms with Crippen molar-refractivity contribution >= 4 is 0 Å². The molecule has 0 heterocycles. The van der Waals surface area contributed by atoms with Gasteiger partial charge in [0.2, 0.25) is 0 Å². The van der Waals surface area contributed by atoms with Crippen molar-refractivity contribution in [3.05, 3.63) is 72.3 Å². The van der Waals surface area contributed by atoms with Gasteiger partial charge < -0.3 is 9.47 Å². The Morgan fingerprint density at radius 2 is 1.25 bits per heavy atom. The van der Waals surface area contributed by atoms with Crippen molar-refractivity contribution in [2.24, 2.45) is 0 Å². The number of nitriles is 1. The average Bonchev–Trinajstić information content (AvgIpc) is 2.99. The van der Waals surface area contributed by atoms with E-state index in [-0.39, 0.29) is 6.10 Å². The zero-order valence-corrected chi connectivity index (χ0v) is 25.1. The Bertz CT molecular complexity index is 1160. The molecule has 3 heteroatoms. The average molecular weight is 540 g/mol. The monoisotopic (exact) mass is 539 g/mol. The molecule has 3 aromatic rings. The summed E-state index contributed by atoms with van der Waals surface area (Å²) < 4.78 is 12.2. The Morgan fingerprint density at radius 1 is 0.675 bits per heavy atom. The molecule has 0 aliphatic rings. The lowest BCUT2D eigenvalue weighted by Gasteiger charge is -2.17. The van der Waals surface area contributed by atoms with E-state index >= 15 is 0 Å². The molecule has 0 saturated carbocycles. The van der Waals surface area contributed by atoms with Crippen molar-refractivity contribution in [3.63, 3.8) is 0 Å². The number of hydrogen-bond donors (Lipinski definition) is 0. The summed E-state index contributed by atoms with van der Waals surface area (Å²) in [7, 11) is 0. The normalized spacial score (nSPS) is 11.7. The first-order chi connectivity index (χ1) is 19.7. The van der Waals surface area contributed by atoms with E-state index in [4.69, 9.17) is 9.47 Å². The van der Waals surface area contributed by atoms with E-state index in [2.05, 4.69) is 81.4 Å². The molecule has 0 radical (unpaired) electrons. The summed E-state index contributed by atoms with van der Waals surface area (Å²) in [6.45, 7) is 7.36. The third kappa shape index (κ3) is 10.4. The Kier molecular flexibility index (Phi) is 14.2. The standard InChI is InChI=1S/C37H49NO2/c1-4-6-8-10-11-12-13-17-27-39-34-24-21-31(22-25-34)35-19-15-16-20-36(35)32-23-26-37(33(28-32)29-38)40-30(3)18-14-9-7-5-2/h15-16,19-26,28,30H,4-14,17-18,27H2,1-3H3/t30-/m1/s1. The van der Waals surface area contributed by atoms with Crippen LogP contribution in [-0.4, -0.2) is 12.7 Å². The first kappa shape index (κ1) is 31.3. The Hall–Kier alpha value is -3.25. The van der Waals surface area contributed by atoms with Gasteiger partial charge in [-0.15, -0.1) is 0 Å². The van der Waals surface area contributed by atoms with Gasteiger partial charge >= 0.3 is 0 Å². The van der Waals surface area contributed by atoms with Gasteiger partial charge in [0.15, 0.2) is 0 Å². The van der Waals surface area contributed by atoms with Gasteiger partial charge in [0.1, 0.15) is 17.6 Å². The fraction of sp³-hybridized carbons (Fsp3) is 0.486. The number of ether oxygens (including phenoxy) is 2. The van der Waals surface area contributed by atoms with Crippen LogP contribution in [0.15, 0.2) is 66.7 Å². The molecule has 0 aliphatic carbocycles. The fourth-order valence-electron chi connectivity index (χ4n) is 5.17. The van der Waals surface area contributed by atoms with Gasteiger partial charge in [0.05, 0.1) is 18.3 Å². The van der Waals surface area contributed by atoms with Crippen LogP contribution < -0.4 is 9.47 Å². The quantitative estimate of drug-likeness (QED) is 0.142. The first-order valence-electron chi connectivity index (χ1n) is 15.7. The summed E-state index contributed by atoms with van der Waals surface area (Å²) in [6, 6.07) is 25.1. The molecule has 40 heavy (non-hydrogen) atoms. The molecule has 3 rings (SSSR count). The highest BCUT2D eigenvalue weighted by atomic mass is 16.5. The minimum Gasteiger partial charge on any atom is -0.494 e. The summed E-state index contributed by atoms with van der Waals surface area (Å²) in [5, 5.41) is 9.88. The molecule has 214 valence electrons. The third-order valence-electron chi connectivity index (χ3n) is 7.56. The maximum absolute atomic E-state index is 9.88. The molecule has 0 fully saturated rings. The van der Waals surface area contributed by atoms with E-state index in [1.165, 1.54) is 64.2 Å². The highest BCUT2D eigenvalue weighted by Gasteiger charge is 2.13. The second-order valence-corrected chi connectivity index (χ2v) is 11.0. The predicted molar refractivity (Wildman–Crippen MR) is 169 cm³/mol. The van der Waals surface area contributed by atoms with Gasteiger partial charge in [-0.3, -0.25) is 0 Å². The van der Waals surface area contributed by atoms with Crippen molar-refractivity contribution in [3.8, 4) is 39.8 Å². The van der Waals surface area contributed by atoms with Gasteiger partial charge in [0, 0.05) is 0 Å². The number of nitrogens with zero attached hydrogens (tertiary/aromatic N) is 1. The van der Waals surface area contributed by atoms with E-state index < -0.39 is 0 Å². The highest BCUT2D eigenvalue weighted by molar-refractivity contribution is 5.84. The predicted octanol–water partition coefficient (Wildman–Crippen LogP) is 11.1. The number of rotatable bonds is 19. The van der Waals surface area contributed by atoms with Crippen LogP contribution in [0.3, 0.4) is 0 Å². The van der Waals surface area contributed by atoms with Crippen LogP contribution in [-0.2, 0) is 0 Å². The van der Waals surface area contributed by atoms with Crippen LogP contribution in [0.5, 0.6) is 11.5 Å². The second kappa shape index (κ2) is 18.2. The van der Waals surface area contributed by atoms with Gasteiger partial charge in [-0.2, -0.15) is 5.26 Å². The van der Waals surface area contributed by atoms with Gasteiger partial charge in [0.25, 0.3) is 0 Å². The maximum atomic E-state index is 9.88. The zero-order chi connectivity index (χ0) is 28.4. The number of hydrogen-bond acceptors (Lipinski definition) is 3. The lowest BCUT2D eigenvalue weighted by Crippen LogP contribution is -2.12. The van der Waals surface area contributed by atoms with Gasteiger partial charge in [-0.1, -0.05) is 121 Å². The Morgan fingerprint density at radius 3 is 1.90 bits per heavy atom. The molecule has 0 bridgehead atoms. The van der Waals surface area contributed by atoms with Gasteiger partial charge in [-0.05, 0) is 72.7 Å². The van der Waals surface area contributed by atoms with Crippen LogP contribution in [0.25, 0.3) is 22.3 Å². The molecule has 1 atom stereocenters. The Balaban J connectivity index is 1.59. The van der Waals surface area contributed by atoms with Crippen LogP contribution in [0.1, 0.15) is 110 Å². The van der Waals surface area contributed by atoms with E-state index in [1.807, 2.05) is 12.1 Å². The second-order valence-electron chi connectivity index (χ2n) is 11.0. The van der Waals surface area contributed by atoms with E-state index in [0.717, 1.165) is 53.9 Å². The molecule has 0 spiro atoms. The summed E-state index contributed by atoms with van der Waals surface area (Å²) >= 11 is 0. The lowest BCUT2D eigenvalue weighted by atomic mass is 9.93. The molecule has 3 aromatic carbocycles. The number of unbranched alkanes of at least 4 members (excludes halogenated alkanes) is 10. The fourth-order valence-corrected chi connectivity index (χ4v) is 5.17. The molecule has 0 aromatic heterocycles. The van der Waals surface area contributed by atoms with Crippen LogP contribution in [0, 0.1) is 11.3 Å². The van der Waals surface area contributed by atoms with E-state index in [1.54, 1.807) is 0 Å². The van der Waals surface area contributed by atoms with Crippen molar-refractivity contribution in [2.75, 3.05) is 6.61 Å². The lowest BCUT2D eigenvalue weighted by molar-refractivity contribution is 0.206. The Labute approximate surface area is 243 Å². The van der Waals surface area contributed by atoms with Crippen molar-refractivity contribution in [2.45, 2.75) is 110 Å². The maximum Gasteiger partial charge on any atom is 0.137 e. The summed E-state index contributed by atoms with van der Waals surface area (Å²) in [5.74, 6) is 1.59. The van der Waals surface area contributed by atoms with Crippen molar-refractivity contribution in [1.82, 2.24) is 0 Å². The minimum absolute atomic E-state index is 0.0957. The number of benzene rings is 3. The molecule has 0 aliphatic heterocycles. The topological polar surface area (TPSA) is 42.2 Å². The molecular formula is C37H49NO2. The molecule has 0 N–H and O–H groups in total. The zero-order valence-electron chi connectivity index (χ0n) is 25.1. The molecule has 3 nitrogen and oxygen atoms in total. The highest BCUT2D eigenvalue weighted by Crippen LogP contribution is 2.35. The van der Waals surface area contributed by atoms with Crippen LogP contribution >= 0.6 is 0 Å².